The SMILES string of the molecule is Cc1cn(-c2ccc3n(c2=O)CCN(C[C@]24C(=O)[C@@]2(C)Oc2ccc(OC(F)(F)F)cc24)C3=O)cn1. The topological polar surface area (TPSA) is 95.7 Å². The second kappa shape index (κ2) is 6.99. The Labute approximate surface area is 201 Å². The number of benzene rings is 1. The molecule has 3 aromatic rings. The van der Waals surface area contributed by atoms with Crippen LogP contribution >= 0.6 is 0 Å². The van der Waals surface area contributed by atoms with Gasteiger partial charge < -0.3 is 23.5 Å². The van der Waals surface area contributed by atoms with Crippen molar-refractivity contribution in [2.45, 2.75) is 37.8 Å². The number of fused-ring (bicyclic) bond motifs is 4. The molecule has 3 aliphatic rings. The highest BCUT2D eigenvalue weighted by Gasteiger charge is 2.82. The number of ether oxygens (including phenoxy) is 2. The van der Waals surface area contributed by atoms with Gasteiger partial charge in [0.25, 0.3) is 11.5 Å². The van der Waals surface area contributed by atoms with Crippen LogP contribution in [-0.4, -0.2) is 55.8 Å². The van der Waals surface area contributed by atoms with Crippen molar-refractivity contribution in [3.63, 3.8) is 0 Å². The minimum absolute atomic E-state index is 0.0969. The third-order valence-electron chi connectivity index (χ3n) is 7.20. The molecule has 0 saturated heterocycles. The van der Waals surface area contributed by atoms with Crippen molar-refractivity contribution >= 4 is 11.7 Å². The van der Waals surface area contributed by atoms with Gasteiger partial charge in [-0.2, -0.15) is 0 Å². The van der Waals surface area contributed by atoms with Crippen LogP contribution in [0.2, 0.25) is 0 Å². The van der Waals surface area contributed by atoms with Crippen LogP contribution in [0.25, 0.3) is 5.69 Å². The van der Waals surface area contributed by atoms with Crippen molar-refractivity contribution in [2.75, 3.05) is 13.1 Å². The maximum Gasteiger partial charge on any atom is 0.573 e. The molecular formula is C24H19F3N4O5. The maximum atomic E-state index is 13.4. The van der Waals surface area contributed by atoms with E-state index in [4.69, 9.17) is 4.74 Å². The second-order valence-corrected chi connectivity index (χ2v) is 9.29. The lowest BCUT2D eigenvalue weighted by Crippen LogP contribution is -2.48. The molecular weight excluding hydrogens is 481 g/mol. The lowest BCUT2D eigenvalue weighted by molar-refractivity contribution is -0.274. The fourth-order valence-corrected chi connectivity index (χ4v) is 5.35. The van der Waals surface area contributed by atoms with Gasteiger partial charge in [0.2, 0.25) is 0 Å². The van der Waals surface area contributed by atoms with Gasteiger partial charge in [-0.1, -0.05) is 0 Å². The van der Waals surface area contributed by atoms with E-state index in [-0.39, 0.29) is 48.0 Å². The minimum Gasteiger partial charge on any atom is -0.478 e. The zero-order chi connectivity index (χ0) is 25.6. The number of rotatable bonds is 4. The maximum absolute atomic E-state index is 13.4. The molecule has 1 aliphatic carbocycles. The van der Waals surface area contributed by atoms with Gasteiger partial charge in [-0.3, -0.25) is 14.4 Å². The van der Waals surface area contributed by atoms with Crippen LogP contribution in [0.3, 0.4) is 0 Å². The number of hydrogen-bond donors (Lipinski definition) is 0. The van der Waals surface area contributed by atoms with Crippen molar-refractivity contribution in [3.05, 3.63) is 70.2 Å². The van der Waals surface area contributed by atoms with Crippen LogP contribution in [0, 0.1) is 6.92 Å². The van der Waals surface area contributed by atoms with Gasteiger partial charge in [-0.25, -0.2) is 4.98 Å². The molecule has 186 valence electrons. The number of hydrogen-bond acceptors (Lipinski definition) is 6. The van der Waals surface area contributed by atoms with E-state index in [2.05, 4.69) is 9.72 Å². The fraction of sp³-hybridized carbons (Fsp3) is 0.333. The van der Waals surface area contributed by atoms with E-state index in [1.54, 1.807) is 30.7 Å². The van der Waals surface area contributed by atoms with E-state index in [1.165, 1.54) is 27.9 Å². The molecule has 1 aromatic carbocycles. The number of amides is 1. The molecule has 1 amide bonds. The molecule has 0 bridgehead atoms. The summed E-state index contributed by atoms with van der Waals surface area (Å²) in [4.78, 5) is 45.0. The average Bonchev–Trinajstić information content (AvgIpc) is 3.11. The number of carbonyl (C=O) groups is 2. The summed E-state index contributed by atoms with van der Waals surface area (Å²) < 4.78 is 51.1. The highest BCUT2D eigenvalue weighted by atomic mass is 19.4. The van der Waals surface area contributed by atoms with Gasteiger partial charge in [-0.15, -0.1) is 13.2 Å². The lowest BCUT2D eigenvalue weighted by Gasteiger charge is -2.32. The smallest absolute Gasteiger partial charge is 0.478 e. The molecule has 9 nitrogen and oxygen atoms in total. The number of carbonyl (C=O) groups excluding carboxylic acids is 2. The quantitative estimate of drug-likeness (QED) is 0.546. The molecule has 6 rings (SSSR count). The Balaban J connectivity index is 1.33. The molecule has 2 aromatic heterocycles. The summed E-state index contributed by atoms with van der Waals surface area (Å²) in [6.45, 7) is 3.58. The number of pyridine rings is 1. The Morgan fingerprint density at radius 1 is 1.14 bits per heavy atom. The number of Topliss-reactive ketones (excluding diaryl/α,β-unsaturated/α-hetero) is 1. The number of nitrogens with zero attached hydrogens (tertiary/aromatic N) is 4. The van der Waals surface area contributed by atoms with E-state index >= 15 is 0 Å². The van der Waals surface area contributed by atoms with Gasteiger partial charge in [0, 0.05) is 31.4 Å². The number of aromatic nitrogens is 3. The number of aryl methyl sites for hydroxylation is 1. The predicted octanol–water partition coefficient (Wildman–Crippen LogP) is 2.37. The Morgan fingerprint density at radius 2 is 1.92 bits per heavy atom. The summed E-state index contributed by atoms with van der Waals surface area (Å²) in [6.07, 6.45) is -1.68. The standard InChI is InChI=1S/C24H19F3N4O5/c1-13-10-30(12-28-13)16-4-5-17-19(32)29(7-8-31(17)20(16)33)11-23-15-9-14(35-24(25,26)27)3-6-18(15)36-22(23,2)21(23)34/h3-6,9-10,12H,7-8,11H2,1-2H3/t22-,23+/m1/s1. The summed E-state index contributed by atoms with van der Waals surface area (Å²) in [7, 11) is 0. The van der Waals surface area contributed by atoms with E-state index in [1.807, 2.05) is 0 Å². The first kappa shape index (κ1) is 22.4. The third kappa shape index (κ3) is 2.96. The number of ketones is 1. The summed E-state index contributed by atoms with van der Waals surface area (Å²) in [5, 5.41) is 0. The van der Waals surface area contributed by atoms with Gasteiger partial charge in [0.1, 0.15) is 28.3 Å². The van der Waals surface area contributed by atoms with Crippen LogP contribution in [0.5, 0.6) is 11.5 Å². The zero-order valence-electron chi connectivity index (χ0n) is 19.1. The first-order chi connectivity index (χ1) is 16.9. The molecule has 0 radical (unpaired) electrons. The average molecular weight is 500 g/mol. The second-order valence-electron chi connectivity index (χ2n) is 9.29. The molecule has 0 unspecified atom stereocenters. The summed E-state index contributed by atoms with van der Waals surface area (Å²) in [5.41, 5.74) is -1.48. The van der Waals surface area contributed by atoms with E-state index in [9.17, 15) is 27.6 Å². The van der Waals surface area contributed by atoms with Gasteiger partial charge in [0.05, 0.1) is 12.0 Å². The lowest BCUT2D eigenvalue weighted by atomic mass is 9.92. The Bertz CT molecular complexity index is 1530. The number of halogens is 3. The van der Waals surface area contributed by atoms with Crippen molar-refractivity contribution in [2.24, 2.45) is 0 Å². The van der Waals surface area contributed by atoms with Crippen LogP contribution in [-0.2, 0) is 16.8 Å². The van der Waals surface area contributed by atoms with E-state index in [0.29, 0.717) is 5.69 Å². The van der Waals surface area contributed by atoms with Crippen LogP contribution < -0.4 is 15.0 Å². The molecule has 0 spiro atoms. The Hall–Kier alpha value is -4.09. The molecule has 1 fully saturated rings. The fourth-order valence-electron chi connectivity index (χ4n) is 5.35. The van der Waals surface area contributed by atoms with Crippen molar-refractivity contribution < 1.29 is 32.2 Å². The number of alkyl halides is 3. The first-order valence-corrected chi connectivity index (χ1v) is 11.1. The predicted molar refractivity (Wildman–Crippen MR) is 117 cm³/mol. The summed E-state index contributed by atoms with van der Waals surface area (Å²) >= 11 is 0. The monoisotopic (exact) mass is 500 g/mol. The van der Waals surface area contributed by atoms with Crippen LogP contribution in [0.15, 0.2) is 47.7 Å². The number of imidazole rings is 1. The van der Waals surface area contributed by atoms with Gasteiger partial charge in [0.15, 0.2) is 11.4 Å². The molecule has 12 heteroatoms. The molecule has 2 atom stereocenters. The Kier molecular flexibility index (Phi) is 4.34. The minimum atomic E-state index is -4.90. The van der Waals surface area contributed by atoms with Crippen LogP contribution in [0.4, 0.5) is 13.2 Å². The molecule has 36 heavy (non-hydrogen) atoms. The van der Waals surface area contributed by atoms with E-state index < -0.39 is 29.0 Å². The molecule has 1 saturated carbocycles. The van der Waals surface area contributed by atoms with Crippen molar-refractivity contribution in [1.29, 1.82) is 0 Å². The van der Waals surface area contributed by atoms with Crippen molar-refractivity contribution in [3.8, 4) is 17.2 Å². The van der Waals surface area contributed by atoms with Gasteiger partial charge in [-0.05, 0) is 44.2 Å². The largest absolute Gasteiger partial charge is 0.573 e. The molecule has 0 N–H and O–H groups in total. The van der Waals surface area contributed by atoms with E-state index in [0.717, 1.165) is 17.8 Å². The van der Waals surface area contributed by atoms with Crippen molar-refractivity contribution in [1.82, 2.24) is 19.0 Å². The summed E-state index contributed by atoms with van der Waals surface area (Å²) in [6, 6.07) is 6.67. The summed E-state index contributed by atoms with van der Waals surface area (Å²) in [5.74, 6) is -0.988. The molecule has 4 heterocycles. The van der Waals surface area contributed by atoms with Gasteiger partial charge >= 0.3 is 6.36 Å². The third-order valence-corrected chi connectivity index (χ3v) is 7.20. The highest BCUT2D eigenvalue weighted by Crippen LogP contribution is 2.64. The first-order valence-electron chi connectivity index (χ1n) is 11.1. The van der Waals surface area contributed by atoms with Crippen LogP contribution in [0.1, 0.15) is 28.7 Å². The highest BCUT2D eigenvalue weighted by molar-refractivity contribution is 6.19. The molecule has 2 aliphatic heterocycles. The Morgan fingerprint density at radius 3 is 2.61 bits per heavy atom. The zero-order valence-corrected chi connectivity index (χ0v) is 19.1. The normalized spacial score (nSPS) is 24.2.